The van der Waals surface area contributed by atoms with Crippen LogP contribution in [-0.2, 0) is 4.79 Å². The molecule has 2 saturated heterocycles. The number of carbonyl (C=O) groups excluding carboxylic acids is 1. The number of amides is 1. The van der Waals surface area contributed by atoms with Crippen molar-refractivity contribution in [3.63, 3.8) is 0 Å². The molecule has 7 heteroatoms. The lowest BCUT2D eigenvalue weighted by Crippen LogP contribution is -2.45. The Morgan fingerprint density at radius 1 is 1.09 bits per heavy atom. The minimum absolute atomic E-state index is 0.0786. The molecule has 6 nitrogen and oxygen atoms in total. The Labute approximate surface area is 205 Å². The minimum atomic E-state index is -0.294. The zero-order valence-corrected chi connectivity index (χ0v) is 20.0. The summed E-state index contributed by atoms with van der Waals surface area (Å²) in [5.74, 6) is 0.175. The molecule has 2 fully saturated rings. The Balaban J connectivity index is 1.25. The standard InChI is InChI=1S/C28H32FN5O/c29-23-5-7-24(8-6-23)34(28(35)20-32-11-2-1-3-12-32)15-14-33-13-10-22(19-33)26-18-31-27-9-4-21(17-30)16-25(26)27/h4-9,16,18,22,31H,1-3,10-15,19-20H2. The first-order chi connectivity index (χ1) is 17.1. The number of halogens is 1. The van der Waals surface area contributed by atoms with Gasteiger partial charge >= 0.3 is 0 Å². The van der Waals surface area contributed by atoms with Gasteiger partial charge in [-0.2, -0.15) is 5.26 Å². The van der Waals surface area contributed by atoms with Gasteiger partial charge in [0.15, 0.2) is 0 Å². The predicted molar refractivity (Wildman–Crippen MR) is 136 cm³/mol. The van der Waals surface area contributed by atoms with Crippen LogP contribution in [0.25, 0.3) is 10.9 Å². The van der Waals surface area contributed by atoms with E-state index in [9.17, 15) is 14.4 Å². The molecule has 1 unspecified atom stereocenters. The molecule has 3 aromatic rings. The summed E-state index contributed by atoms with van der Waals surface area (Å²) in [5, 5.41) is 10.4. The van der Waals surface area contributed by atoms with Gasteiger partial charge in [0.2, 0.25) is 5.91 Å². The first kappa shape index (κ1) is 23.5. The molecule has 2 aliphatic rings. The van der Waals surface area contributed by atoms with E-state index in [1.165, 1.54) is 24.1 Å². The Hall–Kier alpha value is -3.21. The van der Waals surface area contributed by atoms with Gasteiger partial charge in [-0.1, -0.05) is 6.42 Å². The molecule has 5 rings (SSSR count). The molecule has 3 heterocycles. The maximum atomic E-state index is 13.6. The number of aromatic amines is 1. The summed E-state index contributed by atoms with van der Waals surface area (Å²) in [6.07, 6.45) is 6.64. The van der Waals surface area contributed by atoms with Crippen LogP contribution in [0.1, 0.15) is 42.7 Å². The molecule has 35 heavy (non-hydrogen) atoms. The van der Waals surface area contributed by atoms with Crippen LogP contribution in [0.2, 0.25) is 0 Å². The highest BCUT2D eigenvalue weighted by Gasteiger charge is 2.27. The number of nitrogens with one attached hydrogen (secondary N) is 1. The van der Waals surface area contributed by atoms with E-state index < -0.39 is 0 Å². The average Bonchev–Trinajstić information content (AvgIpc) is 3.52. The highest BCUT2D eigenvalue weighted by molar-refractivity contribution is 5.94. The van der Waals surface area contributed by atoms with E-state index in [4.69, 9.17) is 0 Å². The summed E-state index contributed by atoms with van der Waals surface area (Å²) in [4.78, 5) is 23.1. The normalized spacial score (nSPS) is 19.1. The molecule has 0 bridgehead atoms. The summed E-state index contributed by atoms with van der Waals surface area (Å²) in [7, 11) is 0. The largest absolute Gasteiger partial charge is 0.361 e. The van der Waals surface area contributed by atoms with Gasteiger partial charge in [-0.05, 0) is 92.8 Å². The first-order valence-corrected chi connectivity index (χ1v) is 12.6. The quantitative estimate of drug-likeness (QED) is 0.549. The number of nitriles is 1. The molecule has 182 valence electrons. The van der Waals surface area contributed by atoms with Crippen molar-refractivity contribution in [2.24, 2.45) is 0 Å². The maximum Gasteiger partial charge on any atom is 0.241 e. The maximum absolute atomic E-state index is 13.6. The van der Waals surface area contributed by atoms with E-state index in [0.29, 0.717) is 24.6 Å². The SMILES string of the molecule is N#Cc1ccc2[nH]cc(C3CCN(CCN(C(=O)CN4CCCCC4)c4ccc(F)cc4)C3)c2c1. The summed E-state index contributed by atoms with van der Waals surface area (Å²) in [6, 6.07) is 14.3. The number of rotatable bonds is 7. The zero-order chi connectivity index (χ0) is 24.2. The Bertz CT molecular complexity index is 1210. The molecule has 0 spiro atoms. The molecular formula is C28H32FN5O. The number of piperidine rings is 1. The van der Waals surface area contributed by atoms with Crippen molar-refractivity contribution in [3.05, 3.63) is 65.6 Å². The predicted octanol–water partition coefficient (Wildman–Crippen LogP) is 4.49. The van der Waals surface area contributed by atoms with E-state index in [1.807, 2.05) is 23.1 Å². The fourth-order valence-electron chi connectivity index (χ4n) is 5.49. The van der Waals surface area contributed by atoms with Crippen molar-refractivity contribution in [3.8, 4) is 6.07 Å². The van der Waals surface area contributed by atoms with Crippen molar-refractivity contribution >= 4 is 22.5 Å². The van der Waals surface area contributed by atoms with Crippen LogP contribution in [0, 0.1) is 17.1 Å². The topological polar surface area (TPSA) is 66.4 Å². The van der Waals surface area contributed by atoms with Gasteiger partial charge in [-0.25, -0.2) is 4.39 Å². The molecular weight excluding hydrogens is 441 g/mol. The smallest absolute Gasteiger partial charge is 0.241 e. The number of hydrogen-bond donors (Lipinski definition) is 1. The van der Waals surface area contributed by atoms with Crippen LogP contribution in [0.3, 0.4) is 0 Å². The van der Waals surface area contributed by atoms with Gasteiger partial charge < -0.3 is 14.8 Å². The van der Waals surface area contributed by atoms with Crippen molar-refractivity contribution in [2.45, 2.75) is 31.6 Å². The summed E-state index contributed by atoms with van der Waals surface area (Å²) >= 11 is 0. The molecule has 1 atom stereocenters. The third-order valence-corrected chi connectivity index (χ3v) is 7.44. The second-order valence-corrected chi connectivity index (χ2v) is 9.76. The molecule has 0 saturated carbocycles. The summed E-state index contributed by atoms with van der Waals surface area (Å²) in [6.45, 7) is 5.58. The highest BCUT2D eigenvalue weighted by Crippen LogP contribution is 2.33. The molecule has 0 radical (unpaired) electrons. The first-order valence-electron chi connectivity index (χ1n) is 12.6. The number of fused-ring (bicyclic) bond motifs is 1. The number of H-pyrrole nitrogens is 1. The summed E-state index contributed by atoms with van der Waals surface area (Å²) in [5.41, 5.74) is 3.75. The van der Waals surface area contributed by atoms with Gasteiger partial charge in [0.25, 0.3) is 0 Å². The average molecular weight is 474 g/mol. The Kier molecular flexibility index (Phi) is 7.12. The molecule has 2 aliphatic heterocycles. The second-order valence-electron chi connectivity index (χ2n) is 9.76. The number of likely N-dealkylation sites (tertiary alicyclic amines) is 2. The van der Waals surface area contributed by atoms with Crippen LogP contribution in [0.4, 0.5) is 10.1 Å². The van der Waals surface area contributed by atoms with E-state index in [1.54, 1.807) is 12.1 Å². The Morgan fingerprint density at radius 2 is 1.89 bits per heavy atom. The van der Waals surface area contributed by atoms with Crippen LogP contribution < -0.4 is 4.90 Å². The van der Waals surface area contributed by atoms with Crippen molar-refractivity contribution < 1.29 is 9.18 Å². The molecule has 1 aromatic heterocycles. The van der Waals surface area contributed by atoms with Gasteiger partial charge in [0.1, 0.15) is 5.82 Å². The lowest BCUT2D eigenvalue weighted by Gasteiger charge is -2.30. The molecule has 2 aromatic carbocycles. The zero-order valence-electron chi connectivity index (χ0n) is 20.0. The lowest BCUT2D eigenvalue weighted by atomic mass is 9.97. The second kappa shape index (κ2) is 10.6. The van der Waals surface area contributed by atoms with Gasteiger partial charge in [-0.15, -0.1) is 0 Å². The van der Waals surface area contributed by atoms with E-state index in [0.717, 1.165) is 68.6 Å². The van der Waals surface area contributed by atoms with E-state index >= 15 is 0 Å². The Morgan fingerprint density at radius 3 is 2.66 bits per heavy atom. The number of aromatic nitrogens is 1. The number of carbonyl (C=O) groups is 1. The van der Waals surface area contributed by atoms with Crippen molar-refractivity contribution in [1.82, 2.24) is 14.8 Å². The van der Waals surface area contributed by atoms with Crippen LogP contribution in [0.15, 0.2) is 48.7 Å². The number of nitrogens with zero attached hydrogens (tertiary/aromatic N) is 4. The molecule has 1 amide bonds. The number of benzene rings is 2. The van der Waals surface area contributed by atoms with E-state index in [-0.39, 0.29) is 11.7 Å². The fourth-order valence-corrected chi connectivity index (χ4v) is 5.49. The van der Waals surface area contributed by atoms with Crippen LogP contribution in [0.5, 0.6) is 0 Å². The van der Waals surface area contributed by atoms with Crippen LogP contribution >= 0.6 is 0 Å². The molecule has 0 aliphatic carbocycles. The van der Waals surface area contributed by atoms with Gasteiger partial charge in [0.05, 0.1) is 18.2 Å². The van der Waals surface area contributed by atoms with Crippen LogP contribution in [-0.4, -0.2) is 66.5 Å². The highest BCUT2D eigenvalue weighted by atomic mass is 19.1. The summed E-state index contributed by atoms with van der Waals surface area (Å²) < 4.78 is 13.6. The van der Waals surface area contributed by atoms with Crippen molar-refractivity contribution in [2.75, 3.05) is 50.7 Å². The lowest BCUT2D eigenvalue weighted by molar-refractivity contribution is -0.120. The monoisotopic (exact) mass is 473 g/mol. The number of hydrogen-bond acceptors (Lipinski definition) is 4. The minimum Gasteiger partial charge on any atom is -0.361 e. The van der Waals surface area contributed by atoms with Gasteiger partial charge in [0, 0.05) is 42.4 Å². The third kappa shape index (κ3) is 5.39. The molecule has 1 N–H and O–H groups in total. The van der Waals surface area contributed by atoms with E-state index in [2.05, 4.69) is 27.0 Å². The number of anilines is 1. The third-order valence-electron chi connectivity index (χ3n) is 7.44. The van der Waals surface area contributed by atoms with Crippen molar-refractivity contribution in [1.29, 1.82) is 5.26 Å². The fraction of sp³-hybridized carbons (Fsp3) is 0.429. The van der Waals surface area contributed by atoms with Gasteiger partial charge in [-0.3, -0.25) is 9.69 Å².